The molecular formula is C45H28N2O2S. The molecule has 0 aliphatic rings. The van der Waals surface area contributed by atoms with Gasteiger partial charge in [0.25, 0.3) is 0 Å². The van der Waals surface area contributed by atoms with Gasteiger partial charge in [0.1, 0.15) is 27.5 Å². The van der Waals surface area contributed by atoms with Crippen LogP contribution in [-0.2, 0) is 0 Å². The van der Waals surface area contributed by atoms with Crippen LogP contribution in [0.2, 0.25) is 0 Å². The number of hydrogen-bond acceptors (Lipinski definition) is 5. The van der Waals surface area contributed by atoms with Gasteiger partial charge in [-0.1, -0.05) is 66.7 Å². The van der Waals surface area contributed by atoms with Crippen LogP contribution in [0.15, 0.2) is 179 Å². The van der Waals surface area contributed by atoms with Crippen molar-refractivity contribution in [2.24, 2.45) is 0 Å². The third kappa shape index (κ3) is 4.95. The highest BCUT2D eigenvalue weighted by Crippen LogP contribution is 2.40. The Balaban J connectivity index is 1.02. The van der Waals surface area contributed by atoms with Crippen LogP contribution in [0.4, 0.5) is 17.1 Å². The van der Waals surface area contributed by atoms with Crippen molar-refractivity contribution in [3.63, 3.8) is 0 Å². The van der Waals surface area contributed by atoms with E-state index in [4.69, 9.17) is 13.8 Å². The molecule has 10 rings (SSSR count). The molecule has 0 atom stereocenters. The minimum Gasteiger partial charge on any atom is -0.456 e. The first-order valence-electron chi connectivity index (χ1n) is 16.6. The summed E-state index contributed by atoms with van der Waals surface area (Å²) in [7, 11) is 0. The number of furan rings is 2. The third-order valence-electron chi connectivity index (χ3n) is 9.34. The van der Waals surface area contributed by atoms with Crippen LogP contribution in [-0.4, -0.2) is 4.98 Å². The standard InChI is InChI=1S/C45H28N2O2S/c1-4-10-40-33(7-1)28-42(48-40)30-15-22-35(23-16-30)47(36-24-17-31(18-25-36)45-46-39-9-3-6-12-44(39)50-45)34-20-13-29(14-21-34)32-19-26-38-37-8-2-5-11-41(37)49-43(38)27-32/h1-28H. The topological polar surface area (TPSA) is 42.4 Å². The maximum Gasteiger partial charge on any atom is 0.136 e. The number of aromatic nitrogens is 1. The zero-order valence-electron chi connectivity index (χ0n) is 26.8. The molecule has 0 aliphatic carbocycles. The molecule has 3 heterocycles. The predicted molar refractivity (Wildman–Crippen MR) is 208 cm³/mol. The molecule has 50 heavy (non-hydrogen) atoms. The van der Waals surface area contributed by atoms with E-state index in [0.717, 1.165) is 88.5 Å². The van der Waals surface area contributed by atoms with Gasteiger partial charge in [0.2, 0.25) is 0 Å². The summed E-state index contributed by atoms with van der Waals surface area (Å²) in [6.45, 7) is 0. The molecule has 4 nitrogen and oxygen atoms in total. The van der Waals surface area contributed by atoms with Gasteiger partial charge in [-0.3, -0.25) is 0 Å². The molecular weight excluding hydrogens is 633 g/mol. The summed E-state index contributed by atoms with van der Waals surface area (Å²) in [5.41, 5.74) is 11.3. The number of rotatable bonds is 6. The first-order chi connectivity index (χ1) is 24.7. The molecule has 0 N–H and O–H groups in total. The lowest BCUT2D eigenvalue weighted by atomic mass is 10.0. The Morgan fingerprint density at radius 2 is 1.04 bits per heavy atom. The molecule has 0 fully saturated rings. The zero-order chi connectivity index (χ0) is 33.0. The molecule has 7 aromatic carbocycles. The first-order valence-corrected chi connectivity index (χ1v) is 17.4. The number of para-hydroxylation sites is 3. The number of thiazole rings is 1. The average molecular weight is 661 g/mol. The highest BCUT2D eigenvalue weighted by molar-refractivity contribution is 7.21. The Labute approximate surface area is 292 Å². The molecule has 0 amide bonds. The Kier molecular flexibility index (Phi) is 6.64. The molecule has 0 aliphatic heterocycles. The minimum atomic E-state index is 0.857. The van der Waals surface area contributed by atoms with Gasteiger partial charge in [-0.25, -0.2) is 4.98 Å². The SMILES string of the molecule is c1ccc2oc(-c3ccc(N(c4ccc(-c5ccc6c(c5)oc5ccccc56)cc4)c4ccc(-c5nc6ccccc6s5)cc4)cc3)cc2c1. The summed E-state index contributed by atoms with van der Waals surface area (Å²) in [5.74, 6) is 0.857. The Morgan fingerprint density at radius 3 is 1.78 bits per heavy atom. The summed E-state index contributed by atoms with van der Waals surface area (Å²) in [5, 5.41) is 4.39. The second-order valence-electron chi connectivity index (χ2n) is 12.4. The summed E-state index contributed by atoms with van der Waals surface area (Å²) in [6.07, 6.45) is 0. The molecule has 236 valence electrons. The van der Waals surface area contributed by atoms with Crippen LogP contribution < -0.4 is 4.90 Å². The normalized spacial score (nSPS) is 11.6. The van der Waals surface area contributed by atoms with Crippen LogP contribution in [0, 0.1) is 0 Å². The number of benzene rings is 7. The Bertz CT molecular complexity index is 2620. The largest absolute Gasteiger partial charge is 0.456 e. The highest BCUT2D eigenvalue weighted by Gasteiger charge is 2.16. The van der Waals surface area contributed by atoms with Crippen molar-refractivity contribution < 1.29 is 8.83 Å². The van der Waals surface area contributed by atoms with Crippen molar-refractivity contribution in [1.29, 1.82) is 0 Å². The lowest BCUT2D eigenvalue weighted by Gasteiger charge is -2.26. The van der Waals surface area contributed by atoms with Crippen LogP contribution in [0.3, 0.4) is 0 Å². The van der Waals surface area contributed by atoms with Gasteiger partial charge in [0, 0.05) is 44.3 Å². The lowest BCUT2D eigenvalue weighted by molar-refractivity contribution is 0.631. The van der Waals surface area contributed by atoms with E-state index in [2.05, 4.69) is 138 Å². The Hall–Kier alpha value is -6.43. The van der Waals surface area contributed by atoms with E-state index in [1.54, 1.807) is 11.3 Å². The molecule has 0 saturated carbocycles. The van der Waals surface area contributed by atoms with Crippen molar-refractivity contribution in [1.82, 2.24) is 4.98 Å². The van der Waals surface area contributed by atoms with Crippen LogP contribution in [0.5, 0.6) is 0 Å². The smallest absolute Gasteiger partial charge is 0.136 e. The van der Waals surface area contributed by atoms with Gasteiger partial charge >= 0.3 is 0 Å². The highest BCUT2D eigenvalue weighted by atomic mass is 32.1. The molecule has 10 aromatic rings. The van der Waals surface area contributed by atoms with E-state index in [-0.39, 0.29) is 0 Å². The quantitative estimate of drug-likeness (QED) is 0.178. The molecule has 3 aromatic heterocycles. The van der Waals surface area contributed by atoms with E-state index < -0.39 is 0 Å². The van der Waals surface area contributed by atoms with E-state index >= 15 is 0 Å². The van der Waals surface area contributed by atoms with Gasteiger partial charge < -0.3 is 13.7 Å². The molecule has 0 unspecified atom stereocenters. The van der Waals surface area contributed by atoms with E-state index in [9.17, 15) is 0 Å². The van der Waals surface area contributed by atoms with Crippen LogP contribution >= 0.6 is 11.3 Å². The maximum absolute atomic E-state index is 6.19. The van der Waals surface area contributed by atoms with Gasteiger partial charge in [-0.05, 0) is 114 Å². The van der Waals surface area contributed by atoms with Crippen molar-refractivity contribution in [3.05, 3.63) is 170 Å². The number of anilines is 3. The van der Waals surface area contributed by atoms with E-state index in [1.165, 1.54) is 4.70 Å². The average Bonchev–Trinajstić information content (AvgIpc) is 3.91. The fraction of sp³-hybridized carbons (Fsp3) is 0. The third-order valence-corrected chi connectivity index (χ3v) is 10.4. The van der Waals surface area contributed by atoms with Gasteiger partial charge in [0.15, 0.2) is 0 Å². The monoisotopic (exact) mass is 660 g/mol. The van der Waals surface area contributed by atoms with E-state index in [0.29, 0.717) is 0 Å². The molecule has 5 heteroatoms. The summed E-state index contributed by atoms with van der Waals surface area (Å²) in [6, 6.07) is 59.2. The van der Waals surface area contributed by atoms with Gasteiger partial charge in [-0.15, -0.1) is 11.3 Å². The van der Waals surface area contributed by atoms with Crippen molar-refractivity contribution >= 4 is 71.5 Å². The molecule has 0 bridgehead atoms. The zero-order valence-corrected chi connectivity index (χ0v) is 27.6. The molecule has 0 saturated heterocycles. The summed E-state index contributed by atoms with van der Waals surface area (Å²) < 4.78 is 13.6. The number of hydrogen-bond donors (Lipinski definition) is 0. The molecule has 0 spiro atoms. The van der Waals surface area contributed by atoms with Crippen molar-refractivity contribution in [3.8, 4) is 33.0 Å². The van der Waals surface area contributed by atoms with Crippen LogP contribution in [0.1, 0.15) is 0 Å². The first kappa shape index (κ1) is 28.6. The second kappa shape index (κ2) is 11.6. The fourth-order valence-electron chi connectivity index (χ4n) is 6.80. The van der Waals surface area contributed by atoms with E-state index in [1.807, 2.05) is 36.4 Å². The maximum atomic E-state index is 6.19. The lowest BCUT2D eigenvalue weighted by Crippen LogP contribution is -2.09. The fourth-order valence-corrected chi connectivity index (χ4v) is 7.77. The second-order valence-corrected chi connectivity index (χ2v) is 13.5. The van der Waals surface area contributed by atoms with Crippen molar-refractivity contribution in [2.45, 2.75) is 0 Å². The van der Waals surface area contributed by atoms with Gasteiger partial charge in [0.05, 0.1) is 10.2 Å². The number of nitrogens with zero attached hydrogens (tertiary/aromatic N) is 2. The minimum absolute atomic E-state index is 0.857. The number of fused-ring (bicyclic) bond motifs is 5. The van der Waals surface area contributed by atoms with Gasteiger partial charge in [-0.2, -0.15) is 0 Å². The molecule has 0 radical (unpaired) electrons. The summed E-state index contributed by atoms with van der Waals surface area (Å²) in [4.78, 5) is 7.18. The van der Waals surface area contributed by atoms with Crippen molar-refractivity contribution in [2.75, 3.05) is 4.90 Å². The summed E-state index contributed by atoms with van der Waals surface area (Å²) >= 11 is 1.72. The van der Waals surface area contributed by atoms with Crippen LogP contribution in [0.25, 0.3) is 76.1 Å². The Morgan fingerprint density at radius 1 is 0.440 bits per heavy atom. The predicted octanol–water partition coefficient (Wildman–Crippen LogP) is 13.4.